The number of nitrogens with one attached hydrogen (secondary N) is 1. The first kappa shape index (κ1) is 28.5. The molecule has 42 heavy (non-hydrogen) atoms. The average molecular weight is 593 g/mol. The smallest absolute Gasteiger partial charge is 0.386 e. The van der Waals surface area contributed by atoms with Crippen molar-refractivity contribution >= 4 is 41.2 Å². The molecule has 4 aliphatic rings. The number of hydrogen-bond donors (Lipinski definition) is 1. The molecule has 3 aliphatic heterocycles. The largest absolute Gasteiger partial charge is 0.488 e. The summed E-state index contributed by atoms with van der Waals surface area (Å²) in [6, 6.07) is 5.49. The molecule has 0 bridgehead atoms. The summed E-state index contributed by atoms with van der Waals surface area (Å²) in [6.45, 7) is 2.20. The van der Waals surface area contributed by atoms with Crippen LogP contribution in [-0.4, -0.2) is 88.5 Å². The number of likely N-dealkylation sites (tertiary alicyclic amines) is 1. The van der Waals surface area contributed by atoms with Crippen LogP contribution in [0.1, 0.15) is 71.8 Å². The lowest BCUT2D eigenvalue weighted by atomic mass is 9.77. The van der Waals surface area contributed by atoms with E-state index < -0.39 is 6.04 Å². The van der Waals surface area contributed by atoms with Crippen molar-refractivity contribution in [2.24, 2.45) is 11.8 Å². The summed E-state index contributed by atoms with van der Waals surface area (Å²) >= 11 is 1.33. The molecule has 4 amide bonds. The SMILES string of the molecule is CNC(=O)[C@H]1CCCC[C@H]1C(=O)N1CCc2cccc(O[C@H]3CCN(C(=O)c4cncs4)C3)c2[C@H]1/C=[N+]1\CCCC1=O. The molecule has 0 radical (unpaired) electrons. The number of benzene rings is 1. The molecule has 10 nitrogen and oxygen atoms in total. The minimum atomic E-state index is -0.483. The van der Waals surface area contributed by atoms with Crippen LogP contribution in [-0.2, 0) is 20.8 Å². The molecular formula is C31H38N5O5S+. The van der Waals surface area contributed by atoms with Gasteiger partial charge in [0.15, 0.2) is 12.8 Å². The Balaban J connectivity index is 1.30. The summed E-state index contributed by atoms with van der Waals surface area (Å²) in [5, 5.41) is 2.76. The molecule has 1 aromatic heterocycles. The van der Waals surface area contributed by atoms with E-state index in [9.17, 15) is 19.2 Å². The molecule has 1 saturated carbocycles. The van der Waals surface area contributed by atoms with Gasteiger partial charge in [-0.25, -0.2) is 4.79 Å². The highest BCUT2D eigenvalue weighted by atomic mass is 32.1. The zero-order valence-electron chi connectivity index (χ0n) is 24.0. The summed E-state index contributed by atoms with van der Waals surface area (Å²) < 4.78 is 8.36. The Morgan fingerprint density at radius 3 is 2.67 bits per heavy atom. The molecule has 1 aliphatic carbocycles. The van der Waals surface area contributed by atoms with Gasteiger partial charge in [-0.2, -0.15) is 4.58 Å². The molecule has 6 rings (SSSR count). The second kappa shape index (κ2) is 12.3. The summed E-state index contributed by atoms with van der Waals surface area (Å²) in [5.41, 5.74) is 3.65. The van der Waals surface area contributed by atoms with E-state index >= 15 is 0 Å². The van der Waals surface area contributed by atoms with Gasteiger partial charge in [0.2, 0.25) is 11.8 Å². The van der Waals surface area contributed by atoms with E-state index in [2.05, 4.69) is 16.4 Å². The van der Waals surface area contributed by atoms with Gasteiger partial charge in [-0.15, -0.1) is 11.3 Å². The van der Waals surface area contributed by atoms with Crippen LogP contribution in [0.3, 0.4) is 0 Å². The van der Waals surface area contributed by atoms with Crippen molar-refractivity contribution in [2.75, 3.05) is 33.2 Å². The number of fused-ring (bicyclic) bond motifs is 1. The van der Waals surface area contributed by atoms with Crippen molar-refractivity contribution in [1.29, 1.82) is 0 Å². The number of nitrogens with zero attached hydrogens (tertiary/aromatic N) is 4. The van der Waals surface area contributed by atoms with Crippen molar-refractivity contribution in [3.8, 4) is 5.75 Å². The van der Waals surface area contributed by atoms with Gasteiger partial charge in [-0.05, 0) is 30.9 Å². The maximum absolute atomic E-state index is 14.3. The molecule has 222 valence electrons. The van der Waals surface area contributed by atoms with Gasteiger partial charge in [-0.1, -0.05) is 25.0 Å². The van der Waals surface area contributed by atoms with Gasteiger partial charge >= 0.3 is 5.91 Å². The van der Waals surface area contributed by atoms with E-state index in [1.54, 1.807) is 28.2 Å². The molecule has 3 fully saturated rings. The quantitative estimate of drug-likeness (QED) is 0.517. The van der Waals surface area contributed by atoms with Crippen molar-refractivity contribution in [2.45, 2.75) is 63.5 Å². The number of aromatic nitrogens is 1. The summed E-state index contributed by atoms with van der Waals surface area (Å²) in [6.07, 6.45) is 9.19. The molecule has 1 N–H and O–H groups in total. The monoisotopic (exact) mass is 592 g/mol. The first-order valence-electron chi connectivity index (χ1n) is 15.1. The number of rotatable bonds is 6. The average Bonchev–Trinajstić information content (AvgIpc) is 3.80. The van der Waals surface area contributed by atoms with E-state index in [1.807, 2.05) is 23.2 Å². The van der Waals surface area contributed by atoms with Gasteiger partial charge in [0.1, 0.15) is 22.8 Å². The van der Waals surface area contributed by atoms with Crippen LogP contribution in [0.15, 0.2) is 29.9 Å². The Hall–Kier alpha value is -3.60. The molecule has 4 heterocycles. The van der Waals surface area contributed by atoms with Crippen LogP contribution in [0.5, 0.6) is 5.75 Å². The number of amides is 4. The van der Waals surface area contributed by atoms with E-state index in [4.69, 9.17) is 4.74 Å². The van der Waals surface area contributed by atoms with Crippen LogP contribution in [0, 0.1) is 11.8 Å². The molecule has 2 aromatic rings. The van der Waals surface area contributed by atoms with Crippen LogP contribution in [0.2, 0.25) is 0 Å². The highest BCUT2D eigenvalue weighted by Crippen LogP contribution is 2.40. The van der Waals surface area contributed by atoms with E-state index in [1.165, 1.54) is 11.3 Å². The van der Waals surface area contributed by atoms with Gasteiger partial charge in [0.25, 0.3) is 5.91 Å². The van der Waals surface area contributed by atoms with E-state index in [0.717, 1.165) is 30.4 Å². The third-order valence-electron chi connectivity index (χ3n) is 9.16. The van der Waals surface area contributed by atoms with Crippen molar-refractivity contribution in [3.05, 3.63) is 45.9 Å². The number of carbonyl (C=O) groups excluding carboxylic acids is 4. The molecule has 2 saturated heterocycles. The predicted octanol–water partition coefficient (Wildman–Crippen LogP) is 2.82. The normalized spacial score (nSPS) is 26.8. The second-order valence-electron chi connectivity index (χ2n) is 11.7. The Kier molecular flexibility index (Phi) is 8.37. The minimum Gasteiger partial charge on any atom is -0.488 e. The van der Waals surface area contributed by atoms with E-state index in [-0.39, 0.29) is 41.6 Å². The lowest BCUT2D eigenvalue weighted by Crippen LogP contribution is -2.49. The zero-order valence-corrected chi connectivity index (χ0v) is 24.8. The first-order chi connectivity index (χ1) is 20.4. The molecule has 0 spiro atoms. The fourth-order valence-electron chi connectivity index (χ4n) is 6.99. The maximum atomic E-state index is 14.3. The van der Waals surface area contributed by atoms with Gasteiger partial charge < -0.3 is 19.9 Å². The maximum Gasteiger partial charge on any atom is 0.386 e. The molecular weight excluding hydrogens is 554 g/mol. The molecule has 0 unspecified atom stereocenters. The van der Waals surface area contributed by atoms with Crippen LogP contribution in [0.4, 0.5) is 0 Å². The number of ether oxygens (including phenoxy) is 1. The summed E-state index contributed by atoms with van der Waals surface area (Å²) in [7, 11) is 1.63. The fraction of sp³-hybridized carbons (Fsp3) is 0.548. The highest BCUT2D eigenvalue weighted by Gasteiger charge is 2.43. The molecule has 1 aromatic carbocycles. The first-order valence-corrected chi connectivity index (χ1v) is 15.9. The third-order valence-corrected chi connectivity index (χ3v) is 9.92. The standard InChI is InChI=1S/C31H37N5O5S/c1-32-29(38)22-7-2-3-8-23(22)30(39)36-15-11-20-6-4-9-25(28(20)24(36)18-34-13-5-10-27(34)37)41-21-12-14-35(17-21)31(40)26-16-33-19-42-26/h4,6,9,16,18-19,21-24H,2-3,5,7-8,10-15,17H2,1H3/p+1/b34-18+/t21-,22-,23+,24+/m0/s1. The summed E-state index contributed by atoms with van der Waals surface area (Å²) in [5.74, 6) is -0.142. The Morgan fingerprint density at radius 1 is 1.10 bits per heavy atom. The van der Waals surface area contributed by atoms with Crippen molar-refractivity contribution in [1.82, 2.24) is 20.1 Å². The molecule has 4 atom stereocenters. The second-order valence-corrected chi connectivity index (χ2v) is 12.5. The topological polar surface area (TPSA) is 112 Å². The lowest BCUT2D eigenvalue weighted by Gasteiger charge is -2.39. The van der Waals surface area contributed by atoms with Crippen molar-refractivity contribution in [3.63, 3.8) is 0 Å². The highest BCUT2D eigenvalue weighted by molar-refractivity contribution is 7.11. The summed E-state index contributed by atoms with van der Waals surface area (Å²) in [4.78, 5) is 61.0. The van der Waals surface area contributed by atoms with Crippen molar-refractivity contribution < 1.29 is 28.5 Å². The number of carbonyl (C=O) groups is 4. The molecule has 11 heteroatoms. The Bertz CT molecular complexity index is 1390. The minimum absolute atomic E-state index is 0.0288. The Labute approximate surface area is 249 Å². The van der Waals surface area contributed by atoms with Gasteiger partial charge in [0.05, 0.1) is 24.7 Å². The zero-order chi connectivity index (χ0) is 29.2. The number of thiazole rings is 1. The fourth-order valence-corrected chi connectivity index (χ4v) is 7.57. The predicted molar refractivity (Wildman–Crippen MR) is 157 cm³/mol. The van der Waals surface area contributed by atoms with Crippen LogP contribution in [0.25, 0.3) is 0 Å². The van der Waals surface area contributed by atoms with E-state index in [0.29, 0.717) is 68.9 Å². The van der Waals surface area contributed by atoms with Crippen LogP contribution >= 0.6 is 11.3 Å². The van der Waals surface area contributed by atoms with Crippen LogP contribution < -0.4 is 10.1 Å². The lowest BCUT2D eigenvalue weighted by molar-refractivity contribution is -0.430. The van der Waals surface area contributed by atoms with Gasteiger partial charge in [0, 0.05) is 50.4 Å². The Morgan fingerprint density at radius 2 is 1.93 bits per heavy atom. The third kappa shape index (κ3) is 5.58. The number of hydrogen-bond acceptors (Lipinski definition) is 7. The van der Waals surface area contributed by atoms with Gasteiger partial charge in [-0.3, -0.25) is 19.4 Å².